The Balaban J connectivity index is 2.18. The summed E-state index contributed by atoms with van der Waals surface area (Å²) in [6, 6.07) is 0. The van der Waals surface area contributed by atoms with Gasteiger partial charge in [0.2, 0.25) is 5.95 Å². The predicted octanol–water partition coefficient (Wildman–Crippen LogP) is 0.113. The number of rotatable bonds is 2. The van der Waals surface area contributed by atoms with Crippen LogP contribution < -0.4 is 11.1 Å². The number of aromatic nitrogens is 5. The van der Waals surface area contributed by atoms with Crippen LogP contribution in [0.15, 0.2) is 12.4 Å². The monoisotopic (exact) mass is 245 g/mol. The summed E-state index contributed by atoms with van der Waals surface area (Å²) < 4.78 is 0. The third-order valence-corrected chi connectivity index (χ3v) is 2.20. The lowest BCUT2D eigenvalue weighted by Gasteiger charge is -2.04. The van der Waals surface area contributed by atoms with Gasteiger partial charge in [0, 0.05) is 0 Å². The van der Waals surface area contributed by atoms with Gasteiger partial charge in [0.15, 0.2) is 0 Å². The van der Waals surface area contributed by atoms with Crippen LogP contribution >= 0.6 is 0 Å². The largest absolute Gasteiger partial charge is 0.382 e. The summed E-state index contributed by atoms with van der Waals surface area (Å²) in [4.78, 5) is 23.5. The fraction of sp³-hybridized carbons (Fsp3) is 0.200. The summed E-state index contributed by atoms with van der Waals surface area (Å²) >= 11 is 0. The highest BCUT2D eigenvalue weighted by atomic mass is 16.2. The van der Waals surface area contributed by atoms with E-state index in [0.29, 0.717) is 11.4 Å². The zero-order valence-electron chi connectivity index (χ0n) is 9.88. The van der Waals surface area contributed by atoms with E-state index in [0.717, 1.165) is 0 Å². The van der Waals surface area contributed by atoms with E-state index in [-0.39, 0.29) is 17.5 Å². The SMILES string of the molecule is Cc1nnc(NC(=O)c2cncc(N)n2)nc1C. The van der Waals surface area contributed by atoms with Crippen LogP contribution in [0.3, 0.4) is 0 Å². The lowest BCUT2D eigenvalue weighted by atomic mass is 10.4. The molecule has 0 aromatic carbocycles. The van der Waals surface area contributed by atoms with E-state index in [1.165, 1.54) is 12.4 Å². The van der Waals surface area contributed by atoms with Gasteiger partial charge in [-0.2, -0.15) is 5.10 Å². The van der Waals surface area contributed by atoms with E-state index in [1.54, 1.807) is 13.8 Å². The third kappa shape index (κ3) is 2.54. The Hall–Kier alpha value is -2.64. The van der Waals surface area contributed by atoms with Crippen LogP contribution in [0.5, 0.6) is 0 Å². The molecular weight excluding hydrogens is 234 g/mol. The lowest BCUT2D eigenvalue weighted by molar-refractivity contribution is 0.102. The minimum Gasteiger partial charge on any atom is -0.382 e. The van der Waals surface area contributed by atoms with E-state index in [9.17, 15) is 4.79 Å². The zero-order chi connectivity index (χ0) is 13.1. The lowest BCUT2D eigenvalue weighted by Crippen LogP contribution is -2.17. The second kappa shape index (κ2) is 4.70. The van der Waals surface area contributed by atoms with Gasteiger partial charge in [0.1, 0.15) is 11.5 Å². The van der Waals surface area contributed by atoms with Crippen molar-refractivity contribution in [3.05, 3.63) is 29.5 Å². The molecule has 92 valence electrons. The molecule has 2 aromatic rings. The fourth-order valence-electron chi connectivity index (χ4n) is 1.17. The van der Waals surface area contributed by atoms with E-state index >= 15 is 0 Å². The van der Waals surface area contributed by atoms with Crippen LogP contribution in [0.25, 0.3) is 0 Å². The number of anilines is 2. The van der Waals surface area contributed by atoms with Crippen molar-refractivity contribution in [1.82, 2.24) is 25.1 Å². The van der Waals surface area contributed by atoms with Crippen LogP contribution in [0, 0.1) is 13.8 Å². The van der Waals surface area contributed by atoms with Gasteiger partial charge in [-0.15, -0.1) is 5.10 Å². The highest BCUT2D eigenvalue weighted by Gasteiger charge is 2.11. The molecule has 3 N–H and O–H groups in total. The molecule has 0 aliphatic heterocycles. The summed E-state index contributed by atoms with van der Waals surface area (Å²) in [5.41, 5.74) is 6.93. The van der Waals surface area contributed by atoms with Crippen molar-refractivity contribution in [2.75, 3.05) is 11.1 Å². The van der Waals surface area contributed by atoms with E-state index in [1.807, 2.05) is 0 Å². The standard InChI is InChI=1S/C10H11N7O/c1-5-6(2)16-17-10(13-5)15-9(18)7-3-12-4-8(11)14-7/h3-4H,1-2H3,(H2,11,14)(H,13,15,17,18). The molecule has 0 spiro atoms. The Morgan fingerprint density at radius 2 is 1.94 bits per heavy atom. The maximum absolute atomic E-state index is 11.8. The Morgan fingerprint density at radius 3 is 2.61 bits per heavy atom. The molecule has 0 aliphatic carbocycles. The number of carbonyl (C=O) groups excluding carboxylic acids is 1. The maximum Gasteiger partial charge on any atom is 0.278 e. The van der Waals surface area contributed by atoms with E-state index < -0.39 is 5.91 Å². The van der Waals surface area contributed by atoms with Crippen molar-refractivity contribution in [1.29, 1.82) is 0 Å². The Morgan fingerprint density at radius 1 is 1.17 bits per heavy atom. The first-order valence-corrected chi connectivity index (χ1v) is 5.13. The molecule has 1 amide bonds. The molecule has 0 saturated heterocycles. The molecule has 0 aliphatic rings. The normalized spacial score (nSPS) is 10.1. The van der Waals surface area contributed by atoms with Gasteiger partial charge < -0.3 is 5.73 Å². The van der Waals surface area contributed by atoms with Gasteiger partial charge >= 0.3 is 0 Å². The Bertz CT molecular complexity index is 599. The number of amides is 1. The summed E-state index contributed by atoms with van der Waals surface area (Å²) in [6.45, 7) is 3.56. The molecule has 0 radical (unpaired) electrons. The minimum absolute atomic E-state index is 0.0943. The van der Waals surface area contributed by atoms with Crippen LogP contribution in [0.1, 0.15) is 21.9 Å². The first-order chi connectivity index (χ1) is 8.56. The number of nitrogens with two attached hydrogens (primary N) is 1. The molecular formula is C10H11N7O. The second-order valence-electron chi connectivity index (χ2n) is 3.59. The average Bonchev–Trinajstić information content (AvgIpc) is 2.34. The van der Waals surface area contributed by atoms with Crippen LogP contribution in [0.2, 0.25) is 0 Å². The molecule has 8 heteroatoms. The summed E-state index contributed by atoms with van der Waals surface area (Å²) in [5, 5.41) is 10.1. The van der Waals surface area contributed by atoms with Gasteiger partial charge in [-0.05, 0) is 13.8 Å². The van der Waals surface area contributed by atoms with Gasteiger partial charge in [-0.1, -0.05) is 0 Å². The second-order valence-corrected chi connectivity index (χ2v) is 3.59. The molecule has 2 heterocycles. The molecule has 0 bridgehead atoms. The molecule has 2 rings (SSSR count). The first-order valence-electron chi connectivity index (χ1n) is 5.13. The number of nitrogens with one attached hydrogen (secondary N) is 1. The minimum atomic E-state index is -0.486. The number of nitrogens with zero attached hydrogens (tertiary/aromatic N) is 5. The smallest absolute Gasteiger partial charge is 0.278 e. The molecule has 18 heavy (non-hydrogen) atoms. The van der Waals surface area contributed by atoms with Crippen molar-refractivity contribution < 1.29 is 4.79 Å². The van der Waals surface area contributed by atoms with E-state index in [4.69, 9.17) is 5.73 Å². The molecule has 2 aromatic heterocycles. The van der Waals surface area contributed by atoms with Crippen molar-refractivity contribution in [3.8, 4) is 0 Å². The molecule has 0 unspecified atom stereocenters. The number of carbonyl (C=O) groups is 1. The Kier molecular flexibility index (Phi) is 3.09. The highest BCUT2D eigenvalue weighted by molar-refractivity contribution is 6.01. The van der Waals surface area contributed by atoms with Gasteiger partial charge in [-0.3, -0.25) is 15.1 Å². The summed E-state index contributed by atoms with van der Waals surface area (Å²) in [6.07, 6.45) is 2.66. The van der Waals surface area contributed by atoms with Gasteiger partial charge in [0.25, 0.3) is 5.91 Å². The maximum atomic E-state index is 11.8. The number of nitrogen functional groups attached to an aromatic ring is 1. The summed E-state index contributed by atoms with van der Waals surface area (Å²) in [7, 11) is 0. The number of aryl methyl sites for hydroxylation is 2. The molecule has 0 atom stereocenters. The van der Waals surface area contributed by atoms with Crippen LogP contribution in [-0.4, -0.2) is 31.1 Å². The topological polar surface area (TPSA) is 120 Å². The number of hydrogen-bond donors (Lipinski definition) is 2. The molecule has 0 fully saturated rings. The fourth-order valence-corrected chi connectivity index (χ4v) is 1.17. The summed E-state index contributed by atoms with van der Waals surface area (Å²) in [5.74, 6) is -0.200. The van der Waals surface area contributed by atoms with Gasteiger partial charge in [-0.25, -0.2) is 9.97 Å². The van der Waals surface area contributed by atoms with Crippen LogP contribution in [0.4, 0.5) is 11.8 Å². The Labute approximate surface area is 103 Å². The van der Waals surface area contributed by atoms with Crippen molar-refractivity contribution in [2.45, 2.75) is 13.8 Å². The first kappa shape index (κ1) is 11.8. The van der Waals surface area contributed by atoms with Gasteiger partial charge in [0.05, 0.1) is 23.8 Å². The molecule has 8 nitrogen and oxygen atoms in total. The third-order valence-electron chi connectivity index (χ3n) is 2.20. The van der Waals surface area contributed by atoms with Crippen molar-refractivity contribution in [2.24, 2.45) is 0 Å². The molecule has 0 saturated carbocycles. The quantitative estimate of drug-likeness (QED) is 0.770. The average molecular weight is 245 g/mol. The van der Waals surface area contributed by atoms with Crippen molar-refractivity contribution >= 4 is 17.7 Å². The zero-order valence-corrected chi connectivity index (χ0v) is 9.88. The van der Waals surface area contributed by atoms with E-state index in [2.05, 4.69) is 30.5 Å². The number of hydrogen-bond acceptors (Lipinski definition) is 7. The highest BCUT2D eigenvalue weighted by Crippen LogP contribution is 2.04. The predicted molar refractivity (Wildman–Crippen MR) is 63.7 cm³/mol. The van der Waals surface area contributed by atoms with Crippen molar-refractivity contribution in [3.63, 3.8) is 0 Å². The van der Waals surface area contributed by atoms with Crippen LogP contribution in [-0.2, 0) is 0 Å².